The van der Waals surface area contributed by atoms with Crippen LogP contribution >= 0.6 is 0 Å². The van der Waals surface area contributed by atoms with Crippen LogP contribution in [0.15, 0.2) is 6.08 Å². The van der Waals surface area contributed by atoms with Crippen molar-refractivity contribution in [2.45, 2.75) is 13.8 Å². The van der Waals surface area contributed by atoms with Gasteiger partial charge >= 0.3 is 0 Å². The lowest BCUT2D eigenvalue weighted by Crippen LogP contribution is -1.97. The first-order valence-electron chi connectivity index (χ1n) is 1.98. The van der Waals surface area contributed by atoms with Gasteiger partial charge in [-0.1, -0.05) is 26.5 Å². The molecular formula is C6H10. The molecule has 0 amide bonds. The van der Waals surface area contributed by atoms with Crippen LogP contribution in [0.3, 0.4) is 0 Å². The van der Waals surface area contributed by atoms with Gasteiger partial charge in [0, 0.05) is 0 Å². The zero-order valence-electron chi connectivity index (χ0n) is 4.36. The van der Waals surface area contributed by atoms with Crippen molar-refractivity contribution < 1.29 is 0 Å². The van der Waals surface area contributed by atoms with E-state index in [4.69, 9.17) is 6.58 Å². The van der Waals surface area contributed by atoms with Crippen molar-refractivity contribution in [1.82, 2.24) is 0 Å². The number of rotatable bonds is 1. The van der Waals surface area contributed by atoms with E-state index in [2.05, 4.69) is 6.92 Å². The summed E-state index contributed by atoms with van der Waals surface area (Å²) in [5.74, 6) is 0. The fourth-order valence-corrected chi connectivity index (χ4v) is 0. The lowest BCUT2D eigenvalue weighted by Gasteiger charge is -2.07. The van der Waals surface area contributed by atoms with Gasteiger partial charge in [-0.2, -0.15) is 0 Å². The van der Waals surface area contributed by atoms with Gasteiger partial charge in [0.25, 0.3) is 0 Å². The molecule has 34 valence electrons. The third-order valence-electron chi connectivity index (χ3n) is 0.451. The first-order chi connectivity index (χ1) is 2.56. The normalized spacial score (nSPS) is 11.2. The van der Waals surface area contributed by atoms with Crippen LogP contribution in [0.2, 0.25) is 0 Å². The second kappa shape index (κ2) is 1.46. The van der Waals surface area contributed by atoms with Crippen molar-refractivity contribution in [3.8, 4) is 0 Å². The summed E-state index contributed by atoms with van der Waals surface area (Å²) in [6.45, 7) is 12.7. The number of hydrogen-bond acceptors (Lipinski definition) is 0. The Balaban J connectivity index is 3.45. The topological polar surface area (TPSA) is 0 Å². The zero-order chi connectivity index (χ0) is 5.21. The standard InChI is InChI=1S/C6H10/c1-5-6(2,3)4/h1,5H,2H2,3-4H3. The number of hydrogen-bond donors (Lipinski definition) is 0. The molecule has 0 aliphatic rings. The Labute approximate surface area is 39.9 Å². The van der Waals surface area contributed by atoms with Gasteiger partial charge in [0.15, 0.2) is 0 Å². The molecule has 0 unspecified atom stereocenters. The average molecular weight is 82.1 g/mol. The predicted molar refractivity (Wildman–Crippen MR) is 28.0 cm³/mol. The summed E-state index contributed by atoms with van der Waals surface area (Å²) in [5, 5.41) is 0. The second-order valence-electron chi connectivity index (χ2n) is 2.16. The largest absolute Gasteiger partial charge is 0.0789 e. The van der Waals surface area contributed by atoms with Gasteiger partial charge in [-0.3, -0.25) is 0 Å². The van der Waals surface area contributed by atoms with Crippen LogP contribution in [-0.2, 0) is 0 Å². The summed E-state index contributed by atoms with van der Waals surface area (Å²) in [7, 11) is 0. The lowest BCUT2D eigenvalue weighted by molar-refractivity contribution is 0.621. The summed E-state index contributed by atoms with van der Waals surface area (Å²) in [6.07, 6.45) is 1.58. The summed E-state index contributed by atoms with van der Waals surface area (Å²) in [4.78, 5) is 0. The Morgan fingerprint density at radius 1 is 1.67 bits per heavy atom. The Bertz CT molecular complexity index is 45.5. The average Bonchev–Trinajstić information content (AvgIpc) is 1.35. The van der Waals surface area contributed by atoms with Gasteiger partial charge in [0.1, 0.15) is 0 Å². The van der Waals surface area contributed by atoms with Crippen LogP contribution < -0.4 is 0 Å². The van der Waals surface area contributed by atoms with Crippen LogP contribution in [0.1, 0.15) is 13.8 Å². The van der Waals surface area contributed by atoms with E-state index in [1.807, 2.05) is 13.8 Å². The summed E-state index contributed by atoms with van der Waals surface area (Å²) < 4.78 is 0. The highest BCUT2D eigenvalue weighted by molar-refractivity contribution is 4.86. The maximum Gasteiger partial charge on any atom is -0.0171 e. The van der Waals surface area contributed by atoms with E-state index in [1.54, 1.807) is 6.08 Å². The van der Waals surface area contributed by atoms with E-state index in [0.717, 1.165) is 0 Å². The predicted octanol–water partition coefficient (Wildman–Crippen LogP) is 1.84. The molecule has 6 heavy (non-hydrogen) atoms. The maximum atomic E-state index is 5.12. The van der Waals surface area contributed by atoms with Gasteiger partial charge in [0.2, 0.25) is 0 Å². The van der Waals surface area contributed by atoms with E-state index in [-0.39, 0.29) is 5.41 Å². The molecule has 0 saturated heterocycles. The Morgan fingerprint density at radius 3 is 1.83 bits per heavy atom. The Kier molecular flexibility index (Phi) is 1.40. The molecule has 0 aromatic heterocycles. The molecule has 0 fully saturated rings. The number of allylic oxidation sites excluding steroid dienone is 1. The maximum absolute atomic E-state index is 5.12. The highest BCUT2D eigenvalue weighted by Crippen LogP contribution is 2.11. The van der Waals surface area contributed by atoms with E-state index >= 15 is 0 Å². The molecule has 0 heteroatoms. The van der Waals surface area contributed by atoms with Gasteiger partial charge in [-0.15, -0.1) is 0 Å². The highest BCUT2D eigenvalue weighted by Gasteiger charge is 2.00. The molecule has 2 radical (unpaired) electrons. The first-order valence-corrected chi connectivity index (χ1v) is 1.98. The van der Waals surface area contributed by atoms with E-state index in [1.165, 1.54) is 0 Å². The van der Waals surface area contributed by atoms with Crippen LogP contribution in [-0.4, -0.2) is 0 Å². The van der Waals surface area contributed by atoms with Crippen LogP contribution in [0.25, 0.3) is 0 Å². The van der Waals surface area contributed by atoms with E-state index < -0.39 is 0 Å². The Morgan fingerprint density at radius 2 is 1.83 bits per heavy atom. The van der Waals surface area contributed by atoms with Crippen LogP contribution in [0.5, 0.6) is 0 Å². The van der Waals surface area contributed by atoms with Crippen molar-refractivity contribution >= 4 is 0 Å². The third-order valence-corrected chi connectivity index (χ3v) is 0.451. The smallest absolute Gasteiger partial charge is 0.0171 e. The minimum atomic E-state index is -0.0556. The third kappa shape index (κ3) is 3.74. The fraction of sp³-hybridized carbons (Fsp3) is 0.500. The molecule has 0 atom stereocenters. The molecule has 0 nitrogen and oxygen atoms in total. The first kappa shape index (κ1) is 5.74. The summed E-state index contributed by atoms with van der Waals surface area (Å²) >= 11 is 0. The quantitative estimate of drug-likeness (QED) is 0.452. The molecular weight excluding hydrogens is 72.1 g/mol. The molecule has 0 saturated carbocycles. The van der Waals surface area contributed by atoms with Crippen molar-refractivity contribution in [3.63, 3.8) is 0 Å². The van der Waals surface area contributed by atoms with E-state index in [0.29, 0.717) is 0 Å². The fourth-order valence-electron chi connectivity index (χ4n) is 0. The SMILES string of the molecule is [CH]=CC([CH2])(C)C. The highest BCUT2D eigenvalue weighted by atomic mass is 14.0. The molecule has 0 rings (SSSR count). The second-order valence-corrected chi connectivity index (χ2v) is 2.16. The van der Waals surface area contributed by atoms with Gasteiger partial charge in [-0.05, 0) is 12.3 Å². The lowest BCUT2D eigenvalue weighted by atomic mass is 9.98. The molecule has 0 aromatic rings. The monoisotopic (exact) mass is 82.1 g/mol. The molecule has 0 spiro atoms. The van der Waals surface area contributed by atoms with Crippen LogP contribution in [0, 0.1) is 18.9 Å². The molecule has 0 aromatic carbocycles. The summed E-state index contributed by atoms with van der Waals surface area (Å²) in [5.41, 5.74) is -0.0556. The van der Waals surface area contributed by atoms with Crippen molar-refractivity contribution in [2.24, 2.45) is 5.41 Å². The zero-order valence-corrected chi connectivity index (χ0v) is 4.36. The van der Waals surface area contributed by atoms with Gasteiger partial charge < -0.3 is 0 Å². The molecule has 0 N–H and O–H groups in total. The van der Waals surface area contributed by atoms with Crippen molar-refractivity contribution in [1.29, 1.82) is 0 Å². The minimum Gasteiger partial charge on any atom is -0.0789 e. The van der Waals surface area contributed by atoms with Gasteiger partial charge in [0.05, 0.1) is 0 Å². The van der Waals surface area contributed by atoms with Crippen molar-refractivity contribution in [3.05, 3.63) is 19.6 Å². The van der Waals surface area contributed by atoms with Crippen molar-refractivity contribution in [2.75, 3.05) is 0 Å². The Hall–Kier alpha value is -0.260. The van der Waals surface area contributed by atoms with Gasteiger partial charge in [-0.25, -0.2) is 0 Å². The molecule has 0 bridgehead atoms. The molecule has 0 heterocycles. The molecule has 0 aliphatic carbocycles. The van der Waals surface area contributed by atoms with E-state index in [9.17, 15) is 0 Å². The minimum absolute atomic E-state index is 0.0556. The summed E-state index contributed by atoms with van der Waals surface area (Å²) in [6, 6.07) is 0. The van der Waals surface area contributed by atoms with Crippen LogP contribution in [0.4, 0.5) is 0 Å². The molecule has 0 aliphatic heterocycles.